The van der Waals surface area contributed by atoms with Gasteiger partial charge in [-0.1, -0.05) is 66.7 Å². The van der Waals surface area contributed by atoms with Crippen LogP contribution < -0.4 is 5.32 Å². The zero-order valence-electron chi connectivity index (χ0n) is 17.4. The quantitative estimate of drug-likeness (QED) is 0.353. The van der Waals surface area contributed by atoms with Gasteiger partial charge in [0.15, 0.2) is 0 Å². The molecule has 0 saturated heterocycles. The van der Waals surface area contributed by atoms with Crippen LogP contribution in [0.5, 0.6) is 0 Å². The molecule has 0 saturated carbocycles. The Labute approximate surface area is 181 Å². The van der Waals surface area contributed by atoms with E-state index in [-0.39, 0.29) is 5.91 Å². The number of fused-ring (bicyclic) bond motifs is 2. The van der Waals surface area contributed by atoms with Crippen LogP contribution >= 0.6 is 0 Å². The van der Waals surface area contributed by atoms with Crippen molar-refractivity contribution in [3.8, 4) is 0 Å². The first kappa shape index (κ1) is 20.5. The third-order valence-electron chi connectivity index (χ3n) is 5.41. The first-order chi connectivity index (χ1) is 15.2. The van der Waals surface area contributed by atoms with Crippen molar-refractivity contribution in [1.29, 1.82) is 0 Å². The van der Waals surface area contributed by atoms with Gasteiger partial charge in [-0.3, -0.25) is 4.79 Å². The molecule has 1 aromatic heterocycles. The van der Waals surface area contributed by atoms with Crippen molar-refractivity contribution in [3.05, 3.63) is 90.0 Å². The minimum atomic E-state index is -0.716. The van der Waals surface area contributed by atoms with Crippen LogP contribution in [0.1, 0.15) is 28.8 Å². The van der Waals surface area contributed by atoms with Gasteiger partial charge in [0.25, 0.3) is 5.91 Å². The number of hydrogen-bond donors (Lipinski definition) is 1. The van der Waals surface area contributed by atoms with Gasteiger partial charge in [-0.2, -0.15) is 0 Å². The molecule has 31 heavy (non-hydrogen) atoms. The highest BCUT2D eigenvalue weighted by Gasteiger charge is 2.24. The number of rotatable bonds is 7. The predicted molar refractivity (Wildman–Crippen MR) is 122 cm³/mol. The van der Waals surface area contributed by atoms with Crippen molar-refractivity contribution in [2.45, 2.75) is 25.3 Å². The van der Waals surface area contributed by atoms with Gasteiger partial charge in [0.05, 0.1) is 23.7 Å². The molecule has 5 nitrogen and oxygen atoms in total. The molecule has 0 spiro atoms. The minimum Gasteiger partial charge on any atom is -0.467 e. The van der Waals surface area contributed by atoms with Crippen molar-refractivity contribution in [2.75, 3.05) is 7.11 Å². The maximum atomic E-state index is 13.4. The lowest BCUT2D eigenvalue weighted by atomic mass is 10.0. The van der Waals surface area contributed by atoms with Crippen LogP contribution in [0.15, 0.2) is 78.9 Å². The standard InChI is InChI=1S/C26H24N2O3/c1-31-26(30)23(17-9-12-18-10-3-2-4-11-18)28-25(29)24-19-13-5-7-15-21(19)27-22-16-8-6-14-20(22)24/h2-8,10-11,13-16,23H,9,12,17H2,1H3,(H,28,29)/t23-/m0/s1. The van der Waals surface area contributed by atoms with Crippen molar-refractivity contribution >= 4 is 33.7 Å². The van der Waals surface area contributed by atoms with Crippen LogP contribution in [0.3, 0.4) is 0 Å². The summed E-state index contributed by atoms with van der Waals surface area (Å²) in [6.07, 6.45) is 2.07. The third kappa shape index (κ3) is 4.56. The molecule has 1 N–H and O–H groups in total. The Morgan fingerprint density at radius 1 is 0.871 bits per heavy atom. The number of aryl methyl sites for hydroxylation is 1. The Kier molecular flexibility index (Phi) is 6.22. The van der Waals surface area contributed by atoms with Crippen LogP contribution in [0, 0.1) is 0 Å². The van der Waals surface area contributed by atoms with Gasteiger partial charge in [-0.25, -0.2) is 9.78 Å². The number of carbonyl (C=O) groups is 2. The molecule has 0 aliphatic heterocycles. The predicted octanol–water partition coefficient (Wildman–Crippen LogP) is 4.68. The van der Waals surface area contributed by atoms with Crippen LogP contribution in [0.4, 0.5) is 0 Å². The van der Waals surface area contributed by atoms with E-state index < -0.39 is 12.0 Å². The average molecular weight is 412 g/mol. The van der Waals surface area contributed by atoms with E-state index in [1.807, 2.05) is 66.7 Å². The fourth-order valence-electron chi connectivity index (χ4n) is 3.86. The molecule has 4 aromatic rings. The minimum absolute atomic E-state index is 0.301. The molecule has 3 aromatic carbocycles. The Balaban J connectivity index is 1.60. The highest BCUT2D eigenvalue weighted by Crippen LogP contribution is 2.26. The summed E-state index contributed by atoms with van der Waals surface area (Å²) in [7, 11) is 1.34. The second-order valence-corrected chi connectivity index (χ2v) is 7.45. The van der Waals surface area contributed by atoms with Gasteiger partial charge in [0.1, 0.15) is 6.04 Å². The Morgan fingerprint density at radius 2 is 1.45 bits per heavy atom. The Hall–Kier alpha value is -3.73. The number of aromatic nitrogens is 1. The van der Waals surface area contributed by atoms with E-state index in [9.17, 15) is 9.59 Å². The average Bonchev–Trinajstić information content (AvgIpc) is 2.81. The van der Waals surface area contributed by atoms with E-state index in [1.165, 1.54) is 12.7 Å². The first-order valence-corrected chi connectivity index (χ1v) is 10.4. The van der Waals surface area contributed by atoms with E-state index in [1.54, 1.807) is 0 Å². The number of hydrogen-bond acceptors (Lipinski definition) is 4. The molecule has 5 heteroatoms. The number of para-hydroxylation sites is 2. The van der Waals surface area contributed by atoms with Crippen molar-refractivity contribution in [3.63, 3.8) is 0 Å². The molecule has 0 bridgehead atoms. The van der Waals surface area contributed by atoms with Crippen molar-refractivity contribution in [1.82, 2.24) is 10.3 Å². The number of esters is 1. The molecular formula is C26H24N2O3. The second kappa shape index (κ2) is 9.39. The van der Waals surface area contributed by atoms with Gasteiger partial charge >= 0.3 is 5.97 Å². The Bertz CT molecular complexity index is 1170. The van der Waals surface area contributed by atoms with Crippen LogP contribution in [-0.4, -0.2) is 30.0 Å². The molecule has 1 amide bonds. The van der Waals surface area contributed by atoms with Gasteiger partial charge in [0.2, 0.25) is 0 Å². The highest BCUT2D eigenvalue weighted by molar-refractivity contribution is 6.16. The molecule has 0 fully saturated rings. The summed E-state index contributed by atoms with van der Waals surface area (Å²) in [6.45, 7) is 0. The van der Waals surface area contributed by atoms with Gasteiger partial charge in [0, 0.05) is 10.8 Å². The first-order valence-electron chi connectivity index (χ1n) is 10.4. The van der Waals surface area contributed by atoms with E-state index in [2.05, 4.69) is 22.4 Å². The number of nitrogens with zero attached hydrogens (tertiary/aromatic N) is 1. The second-order valence-electron chi connectivity index (χ2n) is 7.45. The monoisotopic (exact) mass is 412 g/mol. The highest BCUT2D eigenvalue weighted by atomic mass is 16.5. The number of methoxy groups -OCH3 is 1. The van der Waals surface area contributed by atoms with E-state index in [4.69, 9.17) is 4.74 Å². The number of benzene rings is 3. The van der Waals surface area contributed by atoms with Gasteiger partial charge in [-0.15, -0.1) is 0 Å². The van der Waals surface area contributed by atoms with E-state index >= 15 is 0 Å². The van der Waals surface area contributed by atoms with Crippen molar-refractivity contribution < 1.29 is 14.3 Å². The fourth-order valence-corrected chi connectivity index (χ4v) is 3.86. The molecular weight excluding hydrogens is 388 g/mol. The van der Waals surface area contributed by atoms with E-state index in [0.29, 0.717) is 12.0 Å². The van der Waals surface area contributed by atoms with Crippen LogP contribution in [0.2, 0.25) is 0 Å². The Morgan fingerprint density at radius 3 is 2.06 bits per heavy atom. The summed E-state index contributed by atoms with van der Waals surface area (Å²) >= 11 is 0. The maximum Gasteiger partial charge on any atom is 0.328 e. The summed E-state index contributed by atoms with van der Waals surface area (Å²) < 4.78 is 4.96. The molecule has 0 unspecified atom stereocenters. The lowest BCUT2D eigenvalue weighted by Gasteiger charge is -2.18. The molecule has 156 valence electrons. The number of carbonyl (C=O) groups excluding carboxylic acids is 2. The SMILES string of the molecule is COC(=O)[C@H](CCCc1ccccc1)NC(=O)c1c2ccccc2nc2ccccc12. The van der Waals surface area contributed by atoms with E-state index in [0.717, 1.165) is 34.6 Å². The fraction of sp³-hybridized carbons (Fsp3) is 0.192. The summed E-state index contributed by atoms with van der Waals surface area (Å²) in [4.78, 5) is 30.5. The van der Waals surface area contributed by atoms with Gasteiger partial charge in [-0.05, 0) is 37.0 Å². The smallest absolute Gasteiger partial charge is 0.328 e. The van der Waals surface area contributed by atoms with Crippen molar-refractivity contribution in [2.24, 2.45) is 0 Å². The molecule has 1 heterocycles. The topological polar surface area (TPSA) is 68.3 Å². The zero-order chi connectivity index (χ0) is 21.6. The van der Waals surface area contributed by atoms with Crippen LogP contribution in [-0.2, 0) is 16.0 Å². The summed E-state index contributed by atoms with van der Waals surface area (Å²) in [5, 5.41) is 4.43. The summed E-state index contributed by atoms with van der Waals surface area (Å²) in [5.74, 6) is -0.742. The maximum absolute atomic E-state index is 13.4. The lowest BCUT2D eigenvalue weighted by Crippen LogP contribution is -2.41. The number of pyridine rings is 1. The number of amides is 1. The number of ether oxygens (including phenoxy) is 1. The largest absolute Gasteiger partial charge is 0.467 e. The molecule has 4 rings (SSSR count). The molecule has 0 radical (unpaired) electrons. The molecule has 0 aliphatic rings. The molecule has 0 aliphatic carbocycles. The third-order valence-corrected chi connectivity index (χ3v) is 5.41. The summed E-state index contributed by atoms with van der Waals surface area (Å²) in [6, 6.07) is 24.5. The van der Waals surface area contributed by atoms with Crippen LogP contribution in [0.25, 0.3) is 21.8 Å². The molecule has 1 atom stereocenters. The number of nitrogens with one attached hydrogen (secondary N) is 1. The normalized spacial score (nSPS) is 11.9. The van der Waals surface area contributed by atoms with Gasteiger partial charge < -0.3 is 10.1 Å². The lowest BCUT2D eigenvalue weighted by molar-refractivity contribution is -0.143. The summed E-state index contributed by atoms with van der Waals surface area (Å²) in [5.41, 5.74) is 3.21. The zero-order valence-corrected chi connectivity index (χ0v) is 17.4.